The number of benzene rings is 1. The summed E-state index contributed by atoms with van der Waals surface area (Å²) in [6, 6.07) is 4.80. The highest BCUT2D eigenvalue weighted by Crippen LogP contribution is 2.38. The highest BCUT2D eigenvalue weighted by molar-refractivity contribution is 5.88. The molecular formula is C14H18N2O. The molecular weight excluding hydrogens is 212 g/mol. The summed E-state index contributed by atoms with van der Waals surface area (Å²) < 4.78 is 0. The van der Waals surface area contributed by atoms with Crippen molar-refractivity contribution in [2.75, 3.05) is 11.4 Å². The lowest BCUT2D eigenvalue weighted by atomic mass is 10.0. The maximum absolute atomic E-state index is 11.8. The second-order valence-electron chi connectivity index (χ2n) is 5.20. The van der Waals surface area contributed by atoms with Crippen molar-refractivity contribution in [3.8, 4) is 0 Å². The van der Waals surface area contributed by atoms with Crippen molar-refractivity contribution in [1.82, 2.24) is 5.32 Å². The summed E-state index contributed by atoms with van der Waals surface area (Å²) >= 11 is 0. The van der Waals surface area contributed by atoms with Crippen LogP contribution in [0.5, 0.6) is 0 Å². The molecule has 3 rings (SSSR count). The maximum Gasteiger partial charge on any atom is 0.242 e. The quantitative estimate of drug-likeness (QED) is 0.733. The predicted octanol–water partition coefficient (Wildman–Crippen LogP) is 1.55. The van der Waals surface area contributed by atoms with Gasteiger partial charge >= 0.3 is 0 Å². The molecule has 17 heavy (non-hydrogen) atoms. The van der Waals surface area contributed by atoms with Gasteiger partial charge < -0.3 is 10.2 Å². The fraction of sp³-hybridized carbons (Fsp3) is 0.500. The molecule has 1 saturated heterocycles. The Kier molecular flexibility index (Phi) is 2.18. The van der Waals surface area contributed by atoms with E-state index in [2.05, 4.69) is 36.2 Å². The number of nitrogens with one attached hydrogen (secondary N) is 1. The van der Waals surface area contributed by atoms with E-state index in [0.29, 0.717) is 6.04 Å². The number of hydrogen-bond acceptors (Lipinski definition) is 2. The van der Waals surface area contributed by atoms with Gasteiger partial charge in [0.05, 0.1) is 6.04 Å². The van der Waals surface area contributed by atoms with Crippen LogP contribution >= 0.6 is 0 Å². The zero-order valence-electron chi connectivity index (χ0n) is 10.6. The normalized spacial score (nSPS) is 26.5. The van der Waals surface area contributed by atoms with Gasteiger partial charge in [0.15, 0.2) is 0 Å². The number of anilines is 1. The topological polar surface area (TPSA) is 32.3 Å². The largest absolute Gasteiger partial charge is 0.354 e. The molecule has 1 aromatic carbocycles. The number of nitrogens with zero attached hydrogens (tertiary/aromatic N) is 1. The average molecular weight is 230 g/mol. The van der Waals surface area contributed by atoms with Crippen molar-refractivity contribution in [2.45, 2.75) is 39.3 Å². The van der Waals surface area contributed by atoms with Crippen LogP contribution < -0.4 is 10.2 Å². The van der Waals surface area contributed by atoms with Crippen molar-refractivity contribution >= 4 is 11.6 Å². The summed E-state index contributed by atoms with van der Waals surface area (Å²) in [5.41, 5.74) is 5.33. The number of carbonyl (C=O) groups excluding carboxylic acids is 1. The van der Waals surface area contributed by atoms with Gasteiger partial charge in [-0.3, -0.25) is 4.79 Å². The fourth-order valence-corrected chi connectivity index (χ4v) is 3.09. The third-order valence-corrected chi connectivity index (χ3v) is 4.20. The van der Waals surface area contributed by atoms with Gasteiger partial charge in [0.25, 0.3) is 0 Å². The van der Waals surface area contributed by atoms with E-state index < -0.39 is 0 Å². The first kappa shape index (κ1) is 10.6. The Morgan fingerprint density at radius 3 is 2.88 bits per heavy atom. The number of amides is 1. The molecule has 0 radical (unpaired) electrons. The Bertz CT molecular complexity index is 495. The van der Waals surface area contributed by atoms with Gasteiger partial charge in [0, 0.05) is 12.2 Å². The molecule has 0 unspecified atom stereocenters. The van der Waals surface area contributed by atoms with Crippen molar-refractivity contribution in [3.63, 3.8) is 0 Å². The third kappa shape index (κ3) is 1.38. The SMILES string of the molecule is Cc1ccc2c(c1C)N1[C@H](CNC(=O)[C@H]1C)C2. The summed E-state index contributed by atoms with van der Waals surface area (Å²) in [6.07, 6.45) is 1.06. The van der Waals surface area contributed by atoms with Crippen LogP contribution in [0.15, 0.2) is 12.1 Å². The Labute approximate surface area is 102 Å². The van der Waals surface area contributed by atoms with E-state index in [4.69, 9.17) is 0 Å². The van der Waals surface area contributed by atoms with Crippen molar-refractivity contribution in [2.24, 2.45) is 0 Å². The molecule has 0 bridgehead atoms. The zero-order valence-corrected chi connectivity index (χ0v) is 10.6. The first-order chi connectivity index (χ1) is 8.09. The zero-order chi connectivity index (χ0) is 12.2. The molecule has 0 saturated carbocycles. The molecule has 90 valence electrons. The van der Waals surface area contributed by atoms with E-state index in [0.717, 1.165) is 13.0 Å². The van der Waals surface area contributed by atoms with Crippen molar-refractivity contribution in [3.05, 3.63) is 28.8 Å². The molecule has 1 N–H and O–H groups in total. The number of piperazine rings is 1. The molecule has 1 fully saturated rings. The number of fused-ring (bicyclic) bond motifs is 3. The van der Waals surface area contributed by atoms with Crippen LogP contribution in [0.25, 0.3) is 0 Å². The standard InChI is InChI=1S/C14H18N2O/c1-8-4-5-11-6-12-7-15-14(17)10(3)16(12)13(11)9(8)2/h4-5,10,12H,6-7H2,1-3H3,(H,15,17)/t10-,12+/m1/s1. The van der Waals surface area contributed by atoms with Gasteiger partial charge in [-0.25, -0.2) is 0 Å². The molecule has 1 amide bonds. The Balaban J connectivity index is 2.13. The molecule has 1 aromatic rings. The van der Waals surface area contributed by atoms with E-state index in [9.17, 15) is 4.79 Å². The van der Waals surface area contributed by atoms with Crippen LogP contribution in [-0.4, -0.2) is 24.5 Å². The van der Waals surface area contributed by atoms with Crippen LogP contribution in [0, 0.1) is 13.8 Å². The lowest BCUT2D eigenvalue weighted by Gasteiger charge is -2.38. The van der Waals surface area contributed by atoms with Gasteiger partial charge in [0.1, 0.15) is 6.04 Å². The number of carbonyl (C=O) groups is 1. The average Bonchev–Trinajstić information content (AvgIpc) is 2.69. The molecule has 0 spiro atoms. The molecule has 3 nitrogen and oxygen atoms in total. The second kappa shape index (κ2) is 3.49. The second-order valence-corrected chi connectivity index (χ2v) is 5.20. The van der Waals surface area contributed by atoms with Crippen molar-refractivity contribution in [1.29, 1.82) is 0 Å². The number of rotatable bonds is 0. The fourth-order valence-electron chi connectivity index (χ4n) is 3.09. The first-order valence-electron chi connectivity index (χ1n) is 6.24. The van der Waals surface area contributed by atoms with Crippen LogP contribution in [0.4, 0.5) is 5.69 Å². The lowest BCUT2D eigenvalue weighted by molar-refractivity contribution is -0.123. The molecule has 2 aliphatic rings. The first-order valence-corrected chi connectivity index (χ1v) is 6.24. The highest BCUT2D eigenvalue weighted by Gasteiger charge is 2.39. The predicted molar refractivity (Wildman–Crippen MR) is 68.4 cm³/mol. The molecule has 2 aliphatic heterocycles. The van der Waals surface area contributed by atoms with Gasteiger partial charge in [-0.2, -0.15) is 0 Å². The number of aryl methyl sites for hydroxylation is 1. The minimum absolute atomic E-state index is 0.0458. The van der Waals surface area contributed by atoms with E-state index in [1.165, 1.54) is 22.4 Å². The molecule has 0 aromatic heterocycles. The third-order valence-electron chi connectivity index (χ3n) is 4.20. The van der Waals surface area contributed by atoms with Gasteiger partial charge in [-0.05, 0) is 43.9 Å². The van der Waals surface area contributed by atoms with Crippen LogP contribution in [-0.2, 0) is 11.2 Å². The van der Waals surface area contributed by atoms with E-state index >= 15 is 0 Å². The van der Waals surface area contributed by atoms with Gasteiger partial charge in [0.2, 0.25) is 5.91 Å². The summed E-state index contributed by atoms with van der Waals surface area (Å²) in [5.74, 6) is 0.148. The van der Waals surface area contributed by atoms with Crippen LogP contribution in [0.3, 0.4) is 0 Å². The molecule has 2 heterocycles. The maximum atomic E-state index is 11.8. The Morgan fingerprint density at radius 2 is 2.12 bits per heavy atom. The smallest absolute Gasteiger partial charge is 0.242 e. The van der Waals surface area contributed by atoms with Crippen LogP contribution in [0.2, 0.25) is 0 Å². The summed E-state index contributed by atoms with van der Waals surface area (Å²) in [7, 11) is 0. The minimum Gasteiger partial charge on any atom is -0.354 e. The van der Waals surface area contributed by atoms with Gasteiger partial charge in [-0.1, -0.05) is 12.1 Å². The summed E-state index contributed by atoms with van der Waals surface area (Å²) in [6.45, 7) is 7.07. The van der Waals surface area contributed by atoms with E-state index in [-0.39, 0.29) is 11.9 Å². The number of hydrogen-bond donors (Lipinski definition) is 1. The Morgan fingerprint density at radius 1 is 1.35 bits per heavy atom. The highest BCUT2D eigenvalue weighted by atomic mass is 16.2. The van der Waals surface area contributed by atoms with Crippen LogP contribution in [0.1, 0.15) is 23.6 Å². The monoisotopic (exact) mass is 230 g/mol. The molecule has 0 aliphatic carbocycles. The Hall–Kier alpha value is -1.51. The van der Waals surface area contributed by atoms with E-state index in [1.54, 1.807) is 0 Å². The van der Waals surface area contributed by atoms with Crippen molar-refractivity contribution < 1.29 is 4.79 Å². The summed E-state index contributed by atoms with van der Waals surface area (Å²) in [4.78, 5) is 14.1. The van der Waals surface area contributed by atoms with E-state index in [1.807, 2.05) is 6.92 Å². The van der Waals surface area contributed by atoms with Gasteiger partial charge in [-0.15, -0.1) is 0 Å². The lowest BCUT2D eigenvalue weighted by Crippen LogP contribution is -2.58. The minimum atomic E-state index is -0.0458. The molecule has 3 heteroatoms. The summed E-state index contributed by atoms with van der Waals surface area (Å²) in [5, 5.41) is 2.99. The molecule has 2 atom stereocenters.